The van der Waals surface area contributed by atoms with Crippen LogP contribution in [-0.4, -0.2) is 20.6 Å². The Labute approximate surface area is 155 Å². The number of carbonyl (C=O) groups is 1. The van der Waals surface area contributed by atoms with Crippen LogP contribution in [0, 0.1) is 0 Å². The highest BCUT2D eigenvalue weighted by Crippen LogP contribution is 2.24. The number of phenolic OH excluding ortho intramolecular Hbond substituents is 1. The topological polar surface area (TPSA) is 93.2 Å². The second-order valence-electron chi connectivity index (χ2n) is 5.73. The van der Waals surface area contributed by atoms with Crippen LogP contribution in [0.4, 0.5) is 5.69 Å². The van der Waals surface area contributed by atoms with Crippen molar-refractivity contribution in [3.8, 4) is 17.0 Å². The van der Waals surface area contributed by atoms with E-state index in [1.165, 1.54) is 24.3 Å². The highest BCUT2D eigenvalue weighted by Gasteiger charge is 2.09. The van der Waals surface area contributed by atoms with Crippen molar-refractivity contribution in [2.24, 2.45) is 12.8 Å². The Hall–Kier alpha value is -3.25. The first-order valence-electron chi connectivity index (χ1n) is 7.78. The van der Waals surface area contributed by atoms with Gasteiger partial charge in [-0.25, -0.2) is 4.98 Å². The number of nitrogens with one attached hydrogen (secondary N) is 1. The molecule has 0 aliphatic heterocycles. The van der Waals surface area contributed by atoms with Gasteiger partial charge in [-0.15, -0.1) is 0 Å². The average molecular weight is 369 g/mol. The summed E-state index contributed by atoms with van der Waals surface area (Å²) in [4.78, 5) is 16.3. The minimum absolute atomic E-state index is 0.0202. The molecule has 1 aromatic heterocycles. The lowest BCUT2D eigenvalue weighted by atomic mass is 10.1. The molecule has 0 fully saturated rings. The number of benzene rings is 2. The molecule has 1 heterocycles. The van der Waals surface area contributed by atoms with Gasteiger partial charge in [0.1, 0.15) is 5.75 Å². The lowest BCUT2D eigenvalue weighted by Gasteiger charge is -2.08. The third-order valence-electron chi connectivity index (χ3n) is 3.81. The molecule has 3 rings (SSSR count). The SMILES string of the molecule is Cn1cncc1-c1ccc(NC(=O)/C(N)=C/c2cc(O)ccc2Cl)cc1. The Kier molecular flexibility index (Phi) is 4.95. The largest absolute Gasteiger partial charge is 0.508 e. The molecule has 0 saturated heterocycles. The highest BCUT2D eigenvalue weighted by molar-refractivity contribution is 6.32. The van der Waals surface area contributed by atoms with Crippen LogP contribution >= 0.6 is 11.6 Å². The minimum atomic E-state index is -0.460. The van der Waals surface area contributed by atoms with Gasteiger partial charge in [-0.3, -0.25) is 4.79 Å². The normalized spacial score (nSPS) is 11.4. The zero-order valence-electron chi connectivity index (χ0n) is 14.0. The van der Waals surface area contributed by atoms with Crippen molar-refractivity contribution in [1.82, 2.24) is 9.55 Å². The van der Waals surface area contributed by atoms with Crippen LogP contribution < -0.4 is 11.1 Å². The lowest BCUT2D eigenvalue weighted by molar-refractivity contribution is -0.112. The summed E-state index contributed by atoms with van der Waals surface area (Å²) in [5.41, 5.74) is 8.85. The van der Waals surface area contributed by atoms with Gasteiger partial charge in [-0.1, -0.05) is 23.7 Å². The van der Waals surface area contributed by atoms with Crippen LogP contribution in [0.3, 0.4) is 0 Å². The molecule has 132 valence electrons. The molecule has 26 heavy (non-hydrogen) atoms. The minimum Gasteiger partial charge on any atom is -0.508 e. The number of imidazole rings is 1. The molecule has 4 N–H and O–H groups in total. The maximum atomic E-state index is 12.3. The third kappa shape index (κ3) is 3.87. The maximum Gasteiger partial charge on any atom is 0.271 e. The number of aromatic nitrogens is 2. The fourth-order valence-corrected chi connectivity index (χ4v) is 2.61. The van der Waals surface area contributed by atoms with E-state index in [1.807, 2.05) is 23.7 Å². The van der Waals surface area contributed by atoms with Gasteiger partial charge in [0, 0.05) is 17.8 Å². The zero-order valence-corrected chi connectivity index (χ0v) is 14.7. The van der Waals surface area contributed by atoms with E-state index in [-0.39, 0.29) is 11.4 Å². The molecule has 3 aromatic rings. The van der Waals surface area contributed by atoms with Gasteiger partial charge in [0.15, 0.2) is 0 Å². The molecule has 0 atom stereocenters. The molecule has 0 unspecified atom stereocenters. The van der Waals surface area contributed by atoms with Crippen LogP contribution in [-0.2, 0) is 11.8 Å². The van der Waals surface area contributed by atoms with Crippen LogP contribution in [0.5, 0.6) is 5.75 Å². The fourth-order valence-electron chi connectivity index (χ4n) is 2.44. The molecular weight excluding hydrogens is 352 g/mol. The smallest absolute Gasteiger partial charge is 0.271 e. The number of nitrogens with two attached hydrogens (primary N) is 1. The van der Waals surface area contributed by atoms with Crippen LogP contribution in [0.25, 0.3) is 17.3 Å². The van der Waals surface area contributed by atoms with Crippen LogP contribution in [0.2, 0.25) is 5.02 Å². The van der Waals surface area contributed by atoms with Crippen molar-refractivity contribution in [2.75, 3.05) is 5.32 Å². The number of amides is 1. The van der Waals surface area contributed by atoms with Crippen molar-refractivity contribution in [3.63, 3.8) is 0 Å². The van der Waals surface area contributed by atoms with Crippen molar-refractivity contribution in [3.05, 3.63) is 71.3 Å². The molecule has 0 aliphatic rings. The molecule has 2 aromatic carbocycles. The Bertz CT molecular complexity index is 977. The van der Waals surface area contributed by atoms with Gasteiger partial charge in [0.25, 0.3) is 5.91 Å². The lowest BCUT2D eigenvalue weighted by Crippen LogP contribution is -2.19. The molecule has 7 heteroatoms. The van der Waals surface area contributed by atoms with Crippen molar-refractivity contribution < 1.29 is 9.90 Å². The Morgan fingerprint density at radius 1 is 1.27 bits per heavy atom. The average Bonchev–Trinajstić information content (AvgIpc) is 3.04. The van der Waals surface area contributed by atoms with E-state index >= 15 is 0 Å². The predicted molar refractivity (Wildman–Crippen MR) is 103 cm³/mol. The maximum absolute atomic E-state index is 12.3. The molecule has 0 radical (unpaired) electrons. The first kappa shape index (κ1) is 17.6. The van der Waals surface area contributed by atoms with Crippen molar-refractivity contribution >= 4 is 29.3 Å². The monoisotopic (exact) mass is 368 g/mol. The molecule has 0 saturated carbocycles. The van der Waals surface area contributed by atoms with Gasteiger partial charge < -0.3 is 20.7 Å². The zero-order chi connectivity index (χ0) is 18.7. The number of hydrogen-bond acceptors (Lipinski definition) is 4. The summed E-state index contributed by atoms with van der Waals surface area (Å²) >= 11 is 6.03. The van der Waals surface area contributed by atoms with E-state index in [2.05, 4.69) is 10.3 Å². The number of halogens is 1. The summed E-state index contributed by atoms with van der Waals surface area (Å²) in [5, 5.41) is 12.6. The van der Waals surface area contributed by atoms with Crippen molar-refractivity contribution in [2.45, 2.75) is 0 Å². The summed E-state index contributed by atoms with van der Waals surface area (Å²) in [7, 11) is 1.91. The summed E-state index contributed by atoms with van der Waals surface area (Å²) in [6, 6.07) is 11.8. The second kappa shape index (κ2) is 7.33. The summed E-state index contributed by atoms with van der Waals surface area (Å²) in [5.74, 6) is -0.419. The third-order valence-corrected chi connectivity index (χ3v) is 4.15. The highest BCUT2D eigenvalue weighted by atomic mass is 35.5. The summed E-state index contributed by atoms with van der Waals surface area (Å²) in [6.45, 7) is 0. The Morgan fingerprint density at radius 3 is 2.65 bits per heavy atom. The van der Waals surface area contributed by atoms with Gasteiger partial charge in [0.05, 0.1) is 23.9 Å². The van der Waals surface area contributed by atoms with Crippen LogP contribution in [0.1, 0.15) is 5.56 Å². The van der Waals surface area contributed by atoms with E-state index in [4.69, 9.17) is 17.3 Å². The van der Waals surface area contributed by atoms with Gasteiger partial charge in [-0.2, -0.15) is 0 Å². The fraction of sp³-hybridized carbons (Fsp3) is 0.0526. The number of rotatable bonds is 4. The van der Waals surface area contributed by atoms with E-state index in [1.54, 1.807) is 24.7 Å². The number of hydrogen-bond donors (Lipinski definition) is 3. The number of anilines is 1. The molecule has 0 bridgehead atoms. The molecular formula is C19H17ClN4O2. The number of aryl methyl sites for hydroxylation is 1. The summed E-state index contributed by atoms with van der Waals surface area (Å²) < 4.78 is 1.91. The van der Waals surface area contributed by atoms with Gasteiger partial charge >= 0.3 is 0 Å². The van der Waals surface area contributed by atoms with Crippen molar-refractivity contribution in [1.29, 1.82) is 0 Å². The van der Waals surface area contributed by atoms with E-state index < -0.39 is 5.91 Å². The molecule has 6 nitrogen and oxygen atoms in total. The second-order valence-corrected chi connectivity index (χ2v) is 6.13. The predicted octanol–water partition coefficient (Wildman–Crippen LogP) is 3.38. The van der Waals surface area contributed by atoms with Gasteiger partial charge in [-0.05, 0) is 47.5 Å². The molecule has 0 spiro atoms. The number of aromatic hydroxyl groups is 1. The van der Waals surface area contributed by atoms with E-state index in [9.17, 15) is 9.90 Å². The number of phenols is 1. The Balaban J connectivity index is 1.74. The molecule has 0 aliphatic carbocycles. The molecule has 1 amide bonds. The standard InChI is InChI=1S/C19H17ClN4O2/c1-24-11-22-10-18(24)12-2-4-14(5-3-12)23-19(26)17(21)9-13-8-15(25)6-7-16(13)20/h2-11,25H,21H2,1H3,(H,23,26)/b17-9-. The van der Waals surface area contributed by atoms with E-state index in [0.29, 0.717) is 16.3 Å². The summed E-state index contributed by atoms with van der Waals surface area (Å²) in [6.07, 6.45) is 4.91. The first-order chi connectivity index (χ1) is 12.4. The first-order valence-corrected chi connectivity index (χ1v) is 8.15. The number of carbonyl (C=O) groups excluding carboxylic acids is 1. The van der Waals surface area contributed by atoms with E-state index in [0.717, 1.165) is 11.3 Å². The van der Waals surface area contributed by atoms with Crippen LogP contribution in [0.15, 0.2) is 60.7 Å². The van der Waals surface area contributed by atoms with Gasteiger partial charge in [0.2, 0.25) is 0 Å². The quantitative estimate of drug-likeness (QED) is 0.615. The number of nitrogens with zero attached hydrogens (tertiary/aromatic N) is 2. The Morgan fingerprint density at radius 2 is 2.00 bits per heavy atom.